The van der Waals surface area contributed by atoms with Crippen molar-refractivity contribution >= 4 is 11.6 Å². The molecule has 7 heteroatoms. The van der Waals surface area contributed by atoms with Crippen molar-refractivity contribution < 1.29 is 18.7 Å². The van der Waals surface area contributed by atoms with Crippen LogP contribution < -0.4 is 15.0 Å². The first-order valence-electron chi connectivity index (χ1n) is 10.3. The number of hydrogen-bond donors (Lipinski definition) is 1. The van der Waals surface area contributed by atoms with Crippen LogP contribution in [0.3, 0.4) is 0 Å². The summed E-state index contributed by atoms with van der Waals surface area (Å²) in [5.74, 6) is 0.449. The molecule has 6 nitrogen and oxygen atoms in total. The van der Waals surface area contributed by atoms with Gasteiger partial charge >= 0.3 is 0 Å². The van der Waals surface area contributed by atoms with Crippen LogP contribution in [-0.4, -0.2) is 63.3 Å². The smallest absolute Gasteiger partial charge is 0.248 e. The Balaban J connectivity index is 1.33. The standard InChI is InChI=1S/C23H30FN3O3/c1-18(30-17-19-4-3-5-22(16-19)29-2)23(28)25-10-11-26-12-14-27(15-13-26)21-8-6-20(24)7-9-21/h3-9,16,18H,10-15,17H2,1-2H3,(H,25,28)/t18-/m0/s1. The van der Waals surface area contributed by atoms with E-state index in [-0.39, 0.29) is 11.7 Å². The Morgan fingerprint density at radius 2 is 1.87 bits per heavy atom. The quantitative estimate of drug-likeness (QED) is 0.683. The van der Waals surface area contributed by atoms with E-state index < -0.39 is 6.10 Å². The molecule has 30 heavy (non-hydrogen) atoms. The zero-order chi connectivity index (χ0) is 21.3. The number of nitrogens with zero attached hydrogens (tertiary/aromatic N) is 2. The number of methoxy groups -OCH3 is 1. The number of hydrogen-bond acceptors (Lipinski definition) is 5. The van der Waals surface area contributed by atoms with E-state index in [0.29, 0.717) is 13.2 Å². The zero-order valence-corrected chi connectivity index (χ0v) is 17.6. The van der Waals surface area contributed by atoms with Crippen molar-refractivity contribution in [3.63, 3.8) is 0 Å². The first-order valence-corrected chi connectivity index (χ1v) is 10.3. The Morgan fingerprint density at radius 3 is 2.57 bits per heavy atom. The van der Waals surface area contributed by atoms with E-state index in [1.807, 2.05) is 36.4 Å². The molecule has 1 aliphatic rings. The van der Waals surface area contributed by atoms with Crippen LogP contribution in [0, 0.1) is 5.82 Å². The van der Waals surface area contributed by atoms with Crippen molar-refractivity contribution in [3.05, 3.63) is 59.9 Å². The van der Waals surface area contributed by atoms with Crippen LogP contribution in [0.1, 0.15) is 12.5 Å². The maximum absolute atomic E-state index is 13.1. The molecule has 1 aliphatic heterocycles. The molecule has 0 aliphatic carbocycles. The second-order valence-electron chi connectivity index (χ2n) is 7.40. The lowest BCUT2D eigenvalue weighted by molar-refractivity contribution is -0.132. The van der Waals surface area contributed by atoms with Crippen molar-refractivity contribution in [2.24, 2.45) is 0 Å². The number of halogens is 1. The minimum Gasteiger partial charge on any atom is -0.497 e. The number of anilines is 1. The first-order chi connectivity index (χ1) is 14.5. The van der Waals surface area contributed by atoms with Crippen LogP contribution in [0.5, 0.6) is 5.75 Å². The lowest BCUT2D eigenvalue weighted by atomic mass is 10.2. The molecular weight excluding hydrogens is 385 g/mol. The molecular formula is C23H30FN3O3. The van der Waals surface area contributed by atoms with Gasteiger partial charge in [0.05, 0.1) is 13.7 Å². The molecule has 0 aromatic heterocycles. The summed E-state index contributed by atoms with van der Waals surface area (Å²) >= 11 is 0. The maximum Gasteiger partial charge on any atom is 0.248 e. The minimum absolute atomic E-state index is 0.108. The van der Waals surface area contributed by atoms with E-state index in [2.05, 4.69) is 15.1 Å². The van der Waals surface area contributed by atoms with Crippen LogP contribution in [0.2, 0.25) is 0 Å². The van der Waals surface area contributed by atoms with E-state index in [1.54, 1.807) is 14.0 Å². The lowest BCUT2D eigenvalue weighted by Gasteiger charge is -2.36. The summed E-state index contributed by atoms with van der Waals surface area (Å²) in [5, 5.41) is 2.95. The van der Waals surface area contributed by atoms with Gasteiger partial charge in [-0.15, -0.1) is 0 Å². The highest BCUT2D eigenvalue weighted by molar-refractivity contribution is 5.80. The van der Waals surface area contributed by atoms with Gasteiger partial charge in [-0.05, 0) is 48.9 Å². The van der Waals surface area contributed by atoms with E-state index in [0.717, 1.165) is 49.7 Å². The SMILES string of the molecule is COc1cccc(CO[C@@H](C)C(=O)NCCN2CCN(c3ccc(F)cc3)CC2)c1. The fraction of sp³-hybridized carbons (Fsp3) is 0.435. The van der Waals surface area contributed by atoms with E-state index in [9.17, 15) is 9.18 Å². The van der Waals surface area contributed by atoms with Crippen molar-refractivity contribution in [3.8, 4) is 5.75 Å². The van der Waals surface area contributed by atoms with Crippen LogP contribution in [0.4, 0.5) is 10.1 Å². The van der Waals surface area contributed by atoms with Crippen molar-refractivity contribution in [2.45, 2.75) is 19.6 Å². The fourth-order valence-corrected chi connectivity index (χ4v) is 3.42. The van der Waals surface area contributed by atoms with Crippen LogP contribution in [0.25, 0.3) is 0 Å². The summed E-state index contributed by atoms with van der Waals surface area (Å²) in [5.41, 5.74) is 2.01. The van der Waals surface area contributed by atoms with Gasteiger partial charge in [0, 0.05) is 45.0 Å². The normalized spacial score (nSPS) is 15.6. The number of amides is 1. The molecule has 1 N–H and O–H groups in total. The summed E-state index contributed by atoms with van der Waals surface area (Å²) in [6, 6.07) is 14.2. The number of nitrogens with one attached hydrogen (secondary N) is 1. The molecule has 1 atom stereocenters. The van der Waals surface area contributed by atoms with Crippen LogP contribution >= 0.6 is 0 Å². The third kappa shape index (κ3) is 6.43. The molecule has 1 fully saturated rings. The number of benzene rings is 2. The molecule has 162 valence electrons. The number of rotatable bonds is 9. The predicted octanol–water partition coefficient (Wildman–Crippen LogP) is 2.68. The van der Waals surface area contributed by atoms with Gasteiger partial charge in [0.15, 0.2) is 0 Å². The number of carbonyl (C=O) groups excluding carboxylic acids is 1. The van der Waals surface area contributed by atoms with Gasteiger partial charge in [0.1, 0.15) is 17.7 Å². The highest BCUT2D eigenvalue weighted by Crippen LogP contribution is 2.17. The Kier molecular flexibility index (Phi) is 8.04. The predicted molar refractivity (Wildman–Crippen MR) is 115 cm³/mol. The molecule has 3 rings (SSSR count). The second-order valence-corrected chi connectivity index (χ2v) is 7.40. The van der Waals surface area contributed by atoms with E-state index >= 15 is 0 Å². The molecule has 0 radical (unpaired) electrons. The van der Waals surface area contributed by atoms with Gasteiger partial charge in [0.2, 0.25) is 5.91 Å². The molecule has 2 aromatic carbocycles. The topological polar surface area (TPSA) is 54.0 Å². The Bertz CT molecular complexity index is 808. The second kappa shape index (κ2) is 10.9. The Morgan fingerprint density at radius 1 is 1.13 bits per heavy atom. The summed E-state index contributed by atoms with van der Waals surface area (Å²) in [4.78, 5) is 16.8. The fourth-order valence-electron chi connectivity index (χ4n) is 3.42. The lowest BCUT2D eigenvalue weighted by Crippen LogP contribution is -2.49. The molecule has 2 aromatic rings. The summed E-state index contributed by atoms with van der Waals surface area (Å²) in [6.07, 6.45) is -0.522. The average molecular weight is 416 g/mol. The van der Waals surface area contributed by atoms with Crippen molar-refractivity contribution in [1.29, 1.82) is 0 Å². The van der Waals surface area contributed by atoms with E-state index in [4.69, 9.17) is 9.47 Å². The van der Waals surface area contributed by atoms with Gasteiger partial charge < -0.3 is 19.7 Å². The third-order valence-electron chi connectivity index (χ3n) is 5.29. The Hall–Kier alpha value is -2.64. The van der Waals surface area contributed by atoms with Gasteiger partial charge in [-0.3, -0.25) is 9.69 Å². The molecule has 1 amide bonds. The number of ether oxygens (including phenoxy) is 2. The number of piperazine rings is 1. The molecule has 0 saturated carbocycles. The number of carbonyl (C=O) groups is 1. The van der Waals surface area contributed by atoms with Gasteiger partial charge in [-0.2, -0.15) is 0 Å². The zero-order valence-electron chi connectivity index (χ0n) is 17.6. The van der Waals surface area contributed by atoms with Gasteiger partial charge in [0.25, 0.3) is 0 Å². The molecule has 1 heterocycles. The van der Waals surface area contributed by atoms with Crippen molar-refractivity contribution in [1.82, 2.24) is 10.2 Å². The van der Waals surface area contributed by atoms with E-state index in [1.165, 1.54) is 12.1 Å². The minimum atomic E-state index is -0.522. The largest absolute Gasteiger partial charge is 0.497 e. The monoisotopic (exact) mass is 415 g/mol. The molecule has 0 spiro atoms. The molecule has 1 saturated heterocycles. The summed E-state index contributed by atoms with van der Waals surface area (Å²) < 4.78 is 24.0. The summed E-state index contributed by atoms with van der Waals surface area (Å²) in [6.45, 7) is 7.10. The Labute approximate surface area is 177 Å². The van der Waals surface area contributed by atoms with Gasteiger partial charge in [-0.25, -0.2) is 4.39 Å². The molecule has 0 bridgehead atoms. The maximum atomic E-state index is 13.1. The van der Waals surface area contributed by atoms with Crippen LogP contribution in [0.15, 0.2) is 48.5 Å². The first kappa shape index (κ1) is 22.1. The average Bonchev–Trinajstić information content (AvgIpc) is 2.78. The summed E-state index contributed by atoms with van der Waals surface area (Å²) in [7, 11) is 1.62. The van der Waals surface area contributed by atoms with Crippen molar-refractivity contribution in [2.75, 3.05) is 51.3 Å². The highest BCUT2D eigenvalue weighted by Gasteiger charge is 2.18. The third-order valence-corrected chi connectivity index (χ3v) is 5.29. The van der Waals surface area contributed by atoms with Crippen LogP contribution in [-0.2, 0) is 16.1 Å². The molecule has 0 unspecified atom stereocenters. The highest BCUT2D eigenvalue weighted by atomic mass is 19.1. The van der Waals surface area contributed by atoms with Gasteiger partial charge in [-0.1, -0.05) is 12.1 Å².